The average Bonchev–Trinajstić information content (AvgIpc) is 3.24. The molecule has 1 saturated heterocycles. The van der Waals surface area contributed by atoms with E-state index >= 15 is 0 Å². The molecule has 3 heterocycles. The third-order valence-corrected chi connectivity index (χ3v) is 5.34. The van der Waals surface area contributed by atoms with Gasteiger partial charge in [0, 0.05) is 48.6 Å². The van der Waals surface area contributed by atoms with Crippen molar-refractivity contribution in [2.45, 2.75) is 38.5 Å². The Hall–Kier alpha value is -2.95. The number of hydrogen-bond acceptors (Lipinski definition) is 3. The van der Waals surface area contributed by atoms with Gasteiger partial charge in [0.25, 0.3) is 5.91 Å². The fourth-order valence-electron chi connectivity index (χ4n) is 3.90. The van der Waals surface area contributed by atoms with Gasteiger partial charge in [-0.1, -0.05) is 38.1 Å². The molecule has 1 aliphatic rings. The lowest BCUT2D eigenvalue weighted by Crippen LogP contribution is -2.39. The number of piperidine rings is 1. The van der Waals surface area contributed by atoms with Crippen LogP contribution in [0.1, 0.15) is 60.4 Å². The van der Waals surface area contributed by atoms with E-state index in [1.807, 2.05) is 53.7 Å². The van der Waals surface area contributed by atoms with E-state index < -0.39 is 0 Å². The van der Waals surface area contributed by atoms with Gasteiger partial charge in [-0.05, 0) is 37.1 Å². The minimum Gasteiger partial charge on any atom is -0.338 e. The first-order valence-corrected chi connectivity index (χ1v) is 9.98. The number of pyridine rings is 1. The summed E-state index contributed by atoms with van der Waals surface area (Å²) in [5, 5.41) is 0. The SMILES string of the molecule is CC(C)c1nccn1-c1cccc([C@@H]2CCCN(C(=O)c3ccccc3)C2)n1. The van der Waals surface area contributed by atoms with Crippen LogP contribution in [0.15, 0.2) is 60.9 Å². The van der Waals surface area contributed by atoms with Gasteiger partial charge in [0.2, 0.25) is 0 Å². The number of carbonyl (C=O) groups is 1. The maximum atomic E-state index is 12.8. The van der Waals surface area contributed by atoms with Crippen LogP contribution in [0, 0.1) is 0 Å². The second-order valence-corrected chi connectivity index (χ2v) is 7.69. The van der Waals surface area contributed by atoms with Crippen molar-refractivity contribution < 1.29 is 4.79 Å². The van der Waals surface area contributed by atoms with Gasteiger partial charge < -0.3 is 4.90 Å². The Morgan fingerprint density at radius 1 is 1.11 bits per heavy atom. The van der Waals surface area contributed by atoms with Gasteiger partial charge in [0.05, 0.1) is 0 Å². The van der Waals surface area contributed by atoms with E-state index in [0.717, 1.165) is 42.3 Å². The molecule has 1 amide bonds. The highest BCUT2D eigenvalue weighted by molar-refractivity contribution is 5.94. The Morgan fingerprint density at radius 2 is 1.93 bits per heavy atom. The lowest BCUT2D eigenvalue weighted by atomic mass is 9.93. The largest absolute Gasteiger partial charge is 0.338 e. The van der Waals surface area contributed by atoms with E-state index in [9.17, 15) is 4.79 Å². The van der Waals surface area contributed by atoms with Gasteiger partial charge in [-0.3, -0.25) is 9.36 Å². The minimum atomic E-state index is 0.109. The molecular formula is C23H26N4O. The molecule has 0 bridgehead atoms. The van der Waals surface area contributed by atoms with Crippen molar-refractivity contribution in [2.75, 3.05) is 13.1 Å². The molecule has 1 atom stereocenters. The van der Waals surface area contributed by atoms with Crippen LogP contribution in [-0.2, 0) is 0 Å². The smallest absolute Gasteiger partial charge is 0.253 e. The summed E-state index contributed by atoms with van der Waals surface area (Å²) in [7, 11) is 0. The summed E-state index contributed by atoms with van der Waals surface area (Å²) in [6, 6.07) is 15.7. The van der Waals surface area contributed by atoms with Gasteiger partial charge in [0.15, 0.2) is 0 Å². The molecule has 0 unspecified atom stereocenters. The lowest BCUT2D eigenvalue weighted by molar-refractivity contribution is 0.0706. The minimum absolute atomic E-state index is 0.109. The van der Waals surface area contributed by atoms with Gasteiger partial charge >= 0.3 is 0 Å². The van der Waals surface area contributed by atoms with Gasteiger partial charge in [0.1, 0.15) is 11.6 Å². The predicted molar refractivity (Wildman–Crippen MR) is 110 cm³/mol. The monoisotopic (exact) mass is 374 g/mol. The van der Waals surface area contributed by atoms with Crippen molar-refractivity contribution in [3.63, 3.8) is 0 Å². The average molecular weight is 374 g/mol. The molecule has 0 aliphatic carbocycles. The van der Waals surface area contributed by atoms with Crippen molar-refractivity contribution in [3.8, 4) is 5.82 Å². The summed E-state index contributed by atoms with van der Waals surface area (Å²) >= 11 is 0. The Balaban J connectivity index is 1.56. The quantitative estimate of drug-likeness (QED) is 0.680. The zero-order chi connectivity index (χ0) is 19.5. The number of hydrogen-bond donors (Lipinski definition) is 0. The summed E-state index contributed by atoms with van der Waals surface area (Å²) in [4.78, 5) is 24.2. The van der Waals surface area contributed by atoms with Crippen LogP contribution >= 0.6 is 0 Å². The second-order valence-electron chi connectivity index (χ2n) is 7.69. The second kappa shape index (κ2) is 7.97. The number of nitrogens with zero attached hydrogens (tertiary/aromatic N) is 4. The zero-order valence-corrected chi connectivity index (χ0v) is 16.5. The van der Waals surface area contributed by atoms with Crippen LogP contribution in [0.3, 0.4) is 0 Å². The molecule has 5 nitrogen and oxygen atoms in total. The predicted octanol–water partition coefficient (Wildman–Crippen LogP) is 4.41. The van der Waals surface area contributed by atoms with Gasteiger partial charge in [-0.2, -0.15) is 0 Å². The molecule has 144 valence electrons. The van der Waals surface area contributed by atoms with Crippen LogP contribution in [0.25, 0.3) is 5.82 Å². The molecule has 0 radical (unpaired) electrons. The first kappa shape index (κ1) is 18.4. The van der Waals surface area contributed by atoms with Crippen LogP contribution in [0.2, 0.25) is 0 Å². The molecule has 1 aromatic carbocycles. The first-order chi connectivity index (χ1) is 13.6. The normalized spacial score (nSPS) is 17.1. The number of aromatic nitrogens is 3. The highest BCUT2D eigenvalue weighted by Crippen LogP contribution is 2.27. The fraction of sp³-hybridized carbons (Fsp3) is 0.348. The van der Waals surface area contributed by atoms with Crippen molar-refractivity contribution in [3.05, 3.63) is 78.0 Å². The molecule has 0 N–H and O–H groups in total. The fourth-order valence-corrected chi connectivity index (χ4v) is 3.90. The summed E-state index contributed by atoms with van der Waals surface area (Å²) in [6.45, 7) is 5.79. The maximum absolute atomic E-state index is 12.8. The molecule has 2 aromatic heterocycles. The molecule has 0 spiro atoms. The van der Waals surface area contributed by atoms with Crippen molar-refractivity contribution >= 4 is 5.91 Å². The number of imidazole rings is 1. The highest BCUT2D eigenvalue weighted by atomic mass is 16.2. The number of amides is 1. The van der Waals surface area contributed by atoms with E-state index in [-0.39, 0.29) is 11.8 Å². The molecule has 4 rings (SSSR count). The Labute approximate surface area is 166 Å². The molecule has 3 aromatic rings. The Kier molecular flexibility index (Phi) is 5.24. The van der Waals surface area contributed by atoms with E-state index in [0.29, 0.717) is 12.5 Å². The van der Waals surface area contributed by atoms with E-state index in [4.69, 9.17) is 4.98 Å². The van der Waals surface area contributed by atoms with Crippen LogP contribution < -0.4 is 0 Å². The highest BCUT2D eigenvalue weighted by Gasteiger charge is 2.26. The maximum Gasteiger partial charge on any atom is 0.253 e. The van der Waals surface area contributed by atoms with E-state index in [1.165, 1.54) is 0 Å². The Morgan fingerprint density at radius 3 is 2.71 bits per heavy atom. The van der Waals surface area contributed by atoms with Crippen molar-refractivity contribution in [1.82, 2.24) is 19.4 Å². The molecule has 28 heavy (non-hydrogen) atoms. The van der Waals surface area contributed by atoms with Crippen LogP contribution in [0.5, 0.6) is 0 Å². The standard InChI is InChI=1S/C23H26N4O/c1-17(2)22-24-13-15-27(22)21-12-6-11-20(25-21)19-10-7-14-26(16-19)23(28)18-8-4-3-5-9-18/h3-6,8-9,11-13,15,17,19H,7,10,14,16H2,1-2H3/t19-/m1/s1. The third-order valence-electron chi connectivity index (χ3n) is 5.34. The van der Waals surface area contributed by atoms with Gasteiger partial charge in [-0.25, -0.2) is 9.97 Å². The summed E-state index contributed by atoms with van der Waals surface area (Å²) in [5.74, 6) is 2.60. The summed E-state index contributed by atoms with van der Waals surface area (Å²) in [6.07, 6.45) is 5.84. The first-order valence-electron chi connectivity index (χ1n) is 9.98. The summed E-state index contributed by atoms with van der Waals surface area (Å²) < 4.78 is 2.06. The van der Waals surface area contributed by atoms with Crippen LogP contribution in [0.4, 0.5) is 0 Å². The van der Waals surface area contributed by atoms with E-state index in [2.05, 4.69) is 35.5 Å². The number of likely N-dealkylation sites (tertiary alicyclic amines) is 1. The number of rotatable bonds is 4. The van der Waals surface area contributed by atoms with Crippen molar-refractivity contribution in [2.24, 2.45) is 0 Å². The molecule has 0 saturated carbocycles. The molecule has 1 fully saturated rings. The number of benzene rings is 1. The summed E-state index contributed by atoms with van der Waals surface area (Å²) in [5.41, 5.74) is 1.80. The van der Waals surface area contributed by atoms with Gasteiger partial charge in [-0.15, -0.1) is 0 Å². The molecule has 5 heteroatoms. The van der Waals surface area contributed by atoms with Crippen LogP contribution in [-0.4, -0.2) is 38.4 Å². The topological polar surface area (TPSA) is 51.0 Å². The van der Waals surface area contributed by atoms with E-state index in [1.54, 1.807) is 0 Å². The zero-order valence-electron chi connectivity index (χ0n) is 16.5. The lowest BCUT2D eigenvalue weighted by Gasteiger charge is -2.32. The van der Waals surface area contributed by atoms with Crippen molar-refractivity contribution in [1.29, 1.82) is 0 Å². The third kappa shape index (κ3) is 3.70. The molecule has 1 aliphatic heterocycles. The molecular weight excluding hydrogens is 348 g/mol. The Bertz CT molecular complexity index is 948. The number of carbonyl (C=O) groups excluding carboxylic acids is 1.